The number of hydrogen-bond donors (Lipinski definition) is 0. The molecule has 0 aliphatic carbocycles. The molecule has 1 atom stereocenters. The molecule has 2 heterocycles. The number of benzene rings is 1. The minimum Gasteiger partial charge on any atom is -0.493 e. The molecular formula is C16H18O3S. The van der Waals surface area contributed by atoms with Gasteiger partial charge in [-0.2, -0.15) is 0 Å². The van der Waals surface area contributed by atoms with Gasteiger partial charge < -0.3 is 14.2 Å². The summed E-state index contributed by atoms with van der Waals surface area (Å²) in [4.78, 5) is 1.21. The van der Waals surface area contributed by atoms with Gasteiger partial charge in [-0.25, -0.2) is 0 Å². The zero-order chi connectivity index (χ0) is 14.3. The number of thiophene rings is 1. The summed E-state index contributed by atoms with van der Waals surface area (Å²) >= 11 is 1.71. The molecule has 0 saturated carbocycles. The van der Waals surface area contributed by atoms with Gasteiger partial charge in [-0.3, -0.25) is 0 Å². The van der Waals surface area contributed by atoms with Crippen molar-refractivity contribution in [2.75, 3.05) is 14.2 Å². The van der Waals surface area contributed by atoms with Crippen LogP contribution >= 0.6 is 11.3 Å². The lowest BCUT2D eigenvalue weighted by molar-refractivity contribution is -0.0327. The maximum atomic E-state index is 6.26. The van der Waals surface area contributed by atoms with Crippen LogP contribution in [-0.4, -0.2) is 14.2 Å². The molecule has 1 aromatic heterocycles. The lowest BCUT2D eigenvalue weighted by Crippen LogP contribution is -2.15. The maximum Gasteiger partial charge on any atom is 0.161 e. The Morgan fingerprint density at radius 2 is 1.85 bits per heavy atom. The molecule has 106 valence electrons. The molecule has 0 fully saturated rings. The molecule has 0 N–H and O–H groups in total. The second kappa shape index (κ2) is 4.79. The van der Waals surface area contributed by atoms with Gasteiger partial charge in [0.15, 0.2) is 11.5 Å². The van der Waals surface area contributed by atoms with Crippen LogP contribution in [0.15, 0.2) is 29.6 Å². The summed E-state index contributed by atoms with van der Waals surface area (Å²) in [5, 5.41) is 2.07. The first kappa shape index (κ1) is 13.5. The van der Waals surface area contributed by atoms with E-state index in [2.05, 4.69) is 31.4 Å². The van der Waals surface area contributed by atoms with E-state index >= 15 is 0 Å². The highest BCUT2D eigenvalue weighted by Gasteiger charge is 2.40. The second-order valence-electron chi connectivity index (χ2n) is 5.32. The molecule has 1 aliphatic rings. The Morgan fingerprint density at radius 3 is 2.45 bits per heavy atom. The topological polar surface area (TPSA) is 27.7 Å². The van der Waals surface area contributed by atoms with Gasteiger partial charge in [-0.1, -0.05) is 6.07 Å². The molecule has 1 aromatic carbocycles. The SMILES string of the molecule is COc1cc2c(cc1OC)C(C)(C)O[C@H]2c1cccs1. The van der Waals surface area contributed by atoms with E-state index in [1.807, 2.05) is 12.1 Å². The lowest BCUT2D eigenvalue weighted by Gasteiger charge is -2.20. The monoisotopic (exact) mass is 290 g/mol. The molecule has 3 rings (SSSR count). The highest BCUT2D eigenvalue weighted by Crippen LogP contribution is 2.50. The fraction of sp³-hybridized carbons (Fsp3) is 0.375. The summed E-state index contributed by atoms with van der Waals surface area (Å²) in [6.45, 7) is 4.18. The first-order valence-electron chi connectivity index (χ1n) is 6.54. The van der Waals surface area contributed by atoms with Crippen molar-refractivity contribution in [3.63, 3.8) is 0 Å². The zero-order valence-electron chi connectivity index (χ0n) is 12.1. The fourth-order valence-corrected chi connectivity index (χ4v) is 3.48. The van der Waals surface area contributed by atoms with Crippen molar-refractivity contribution in [3.05, 3.63) is 45.6 Å². The maximum absolute atomic E-state index is 6.26. The van der Waals surface area contributed by atoms with Gasteiger partial charge in [-0.05, 0) is 48.6 Å². The first-order valence-corrected chi connectivity index (χ1v) is 7.42. The number of rotatable bonds is 3. The van der Waals surface area contributed by atoms with Gasteiger partial charge in [0.05, 0.1) is 19.8 Å². The Bertz CT molecular complexity index is 617. The van der Waals surface area contributed by atoms with E-state index in [0.717, 1.165) is 22.6 Å². The van der Waals surface area contributed by atoms with Gasteiger partial charge in [0.25, 0.3) is 0 Å². The van der Waals surface area contributed by atoms with Crippen molar-refractivity contribution >= 4 is 11.3 Å². The molecule has 1 aliphatic heterocycles. The molecular weight excluding hydrogens is 272 g/mol. The van der Waals surface area contributed by atoms with Gasteiger partial charge in [-0.15, -0.1) is 11.3 Å². The quantitative estimate of drug-likeness (QED) is 0.851. The molecule has 20 heavy (non-hydrogen) atoms. The summed E-state index contributed by atoms with van der Waals surface area (Å²) in [7, 11) is 3.31. The van der Waals surface area contributed by atoms with Crippen molar-refractivity contribution in [2.24, 2.45) is 0 Å². The number of hydrogen-bond acceptors (Lipinski definition) is 4. The summed E-state index contributed by atoms with van der Waals surface area (Å²) in [5.74, 6) is 1.49. The van der Waals surface area contributed by atoms with E-state index in [0.29, 0.717) is 0 Å². The van der Waals surface area contributed by atoms with Crippen LogP contribution < -0.4 is 9.47 Å². The normalized spacial score (nSPS) is 19.7. The van der Waals surface area contributed by atoms with E-state index in [4.69, 9.17) is 14.2 Å². The highest BCUT2D eigenvalue weighted by molar-refractivity contribution is 7.10. The van der Waals surface area contributed by atoms with Crippen molar-refractivity contribution < 1.29 is 14.2 Å². The summed E-state index contributed by atoms with van der Waals surface area (Å²) in [6.07, 6.45) is -0.0280. The predicted octanol–water partition coefficient (Wildman–Crippen LogP) is 4.12. The Hall–Kier alpha value is -1.52. The average Bonchev–Trinajstić information content (AvgIpc) is 3.04. The third kappa shape index (κ3) is 2.00. The van der Waals surface area contributed by atoms with Crippen LogP contribution in [-0.2, 0) is 10.3 Å². The summed E-state index contributed by atoms with van der Waals surface area (Å²) < 4.78 is 17.1. The molecule has 3 nitrogen and oxygen atoms in total. The largest absolute Gasteiger partial charge is 0.493 e. The van der Waals surface area contributed by atoms with Gasteiger partial charge in [0, 0.05) is 4.88 Å². The third-order valence-corrected chi connectivity index (χ3v) is 4.62. The number of fused-ring (bicyclic) bond motifs is 1. The Kier molecular flexibility index (Phi) is 3.22. The van der Waals surface area contributed by atoms with E-state index in [1.165, 1.54) is 4.88 Å². The van der Waals surface area contributed by atoms with Gasteiger partial charge in [0.1, 0.15) is 6.10 Å². The predicted molar refractivity (Wildman–Crippen MR) is 79.8 cm³/mol. The van der Waals surface area contributed by atoms with Gasteiger partial charge in [0.2, 0.25) is 0 Å². The summed E-state index contributed by atoms with van der Waals surface area (Å²) in [5.41, 5.74) is 1.99. The van der Waals surface area contributed by atoms with Crippen molar-refractivity contribution in [1.82, 2.24) is 0 Å². The van der Waals surface area contributed by atoms with Gasteiger partial charge >= 0.3 is 0 Å². The molecule has 0 amide bonds. The molecule has 0 unspecified atom stereocenters. The van der Waals surface area contributed by atoms with Crippen molar-refractivity contribution in [3.8, 4) is 11.5 Å². The smallest absolute Gasteiger partial charge is 0.161 e. The molecule has 0 bridgehead atoms. The fourth-order valence-electron chi connectivity index (χ4n) is 2.71. The van der Waals surface area contributed by atoms with Crippen LogP contribution in [0, 0.1) is 0 Å². The number of ether oxygens (including phenoxy) is 3. The Morgan fingerprint density at radius 1 is 1.15 bits per heavy atom. The van der Waals surface area contributed by atoms with Crippen LogP contribution in [0.3, 0.4) is 0 Å². The molecule has 2 aromatic rings. The standard InChI is InChI=1S/C16H18O3S/c1-16(2)11-9-13(18-4)12(17-3)8-10(11)15(19-16)14-6-5-7-20-14/h5-9,15H,1-4H3/t15-/m1/s1. The first-order chi connectivity index (χ1) is 9.56. The number of methoxy groups -OCH3 is 2. The highest BCUT2D eigenvalue weighted by atomic mass is 32.1. The minimum atomic E-state index is -0.330. The van der Waals surface area contributed by atoms with Crippen LogP contribution in [0.2, 0.25) is 0 Å². The Balaban J connectivity index is 2.16. The minimum absolute atomic E-state index is 0.0280. The molecule has 0 spiro atoms. The average molecular weight is 290 g/mol. The van der Waals surface area contributed by atoms with Crippen LogP contribution in [0.25, 0.3) is 0 Å². The van der Waals surface area contributed by atoms with E-state index in [-0.39, 0.29) is 11.7 Å². The van der Waals surface area contributed by atoms with E-state index in [9.17, 15) is 0 Å². The molecule has 4 heteroatoms. The van der Waals surface area contributed by atoms with E-state index in [1.54, 1.807) is 25.6 Å². The zero-order valence-corrected chi connectivity index (χ0v) is 12.9. The van der Waals surface area contributed by atoms with Crippen LogP contribution in [0.5, 0.6) is 11.5 Å². The summed E-state index contributed by atoms with van der Waals surface area (Å²) in [6, 6.07) is 8.22. The lowest BCUT2D eigenvalue weighted by atomic mass is 9.93. The molecule has 0 saturated heterocycles. The van der Waals surface area contributed by atoms with Crippen LogP contribution in [0.4, 0.5) is 0 Å². The second-order valence-corrected chi connectivity index (χ2v) is 6.30. The van der Waals surface area contributed by atoms with Crippen molar-refractivity contribution in [1.29, 1.82) is 0 Å². The Labute approximate surface area is 123 Å². The van der Waals surface area contributed by atoms with Crippen LogP contribution in [0.1, 0.15) is 36.0 Å². The molecule has 0 radical (unpaired) electrons. The third-order valence-electron chi connectivity index (χ3n) is 3.70. The van der Waals surface area contributed by atoms with Crippen molar-refractivity contribution in [2.45, 2.75) is 25.6 Å². The van der Waals surface area contributed by atoms with E-state index < -0.39 is 0 Å².